The zero-order chi connectivity index (χ0) is 24.7. The average molecular weight is 491 g/mol. The van der Waals surface area contributed by atoms with Crippen molar-refractivity contribution >= 4 is 44.5 Å². The third kappa shape index (κ3) is 4.20. The van der Waals surface area contributed by atoms with Gasteiger partial charge in [0.25, 0.3) is 5.91 Å². The summed E-state index contributed by atoms with van der Waals surface area (Å²) in [6.07, 6.45) is 3.45. The summed E-state index contributed by atoms with van der Waals surface area (Å²) < 4.78 is 1.03. The molecule has 4 amide bonds. The zero-order valence-corrected chi connectivity index (χ0v) is 21.2. The number of carbonyl (C=O) groups excluding carboxylic acids is 3. The molecule has 1 aliphatic carbocycles. The summed E-state index contributed by atoms with van der Waals surface area (Å²) in [6.45, 7) is 6.08. The Balaban J connectivity index is 1.46. The molecule has 0 bridgehead atoms. The highest BCUT2D eigenvalue weighted by molar-refractivity contribution is 7.22. The summed E-state index contributed by atoms with van der Waals surface area (Å²) in [7, 11) is 0. The molecule has 8 heteroatoms. The second-order valence-corrected chi connectivity index (χ2v) is 10.8. The van der Waals surface area contributed by atoms with Crippen molar-refractivity contribution in [1.82, 2.24) is 15.2 Å². The Kier molecular flexibility index (Phi) is 6.09. The molecule has 1 spiro atoms. The number of hydrogen-bond acceptors (Lipinski definition) is 5. The third-order valence-corrected chi connectivity index (χ3v) is 8.55. The van der Waals surface area contributed by atoms with Gasteiger partial charge in [0.1, 0.15) is 12.1 Å². The van der Waals surface area contributed by atoms with Crippen LogP contribution in [0.1, 0.15) is 49.3 Å². The first-order chi connectivity index (χ1) is 16.8. The molecule has 2 fully saturated rings. The molecule has 1 saturated carbocycles. The second kappa shape index (κ2) is 9.07. The Bertz CT molecular complexity index is 1300. The molecule has 5 rings (SSSR count). The van der Waals surface area contributed by atoms with Crippen molar-refractivity contribution in [3.8, 4) is 0 Å². The van der Waals surface area contributed by atoms with E-state index in [-0.39, 0.29) is 24.3 Å². The Hall–Kier alpha value is -3.26. The molecule has 2 unspecified atom stereocenters. The van der Waals surface area contributed by atoms with E-state index in [0.717, 1.165) is 51.1 Å². The van der Waals surface area contributed by atoms with Crippen molar-refractivity contribution in [3.05, 3.63) is 59.2 Å². The zero-order valence-electron chi connectivity index (χ0n) is 20.3. The van der Waals surface area contributed by atoms with E-state index in [1.54, 1.807) is 4.90 Å². The van der Waals surface area contributed by atoms with Gasteiger partial charge in [0.05, 0.1) is 16.8 Å². The van der Waals surface area contributed by atoms with E-state index in [1.807, 2.05) is 57.2 Å². The maximum atomic E-state index is 13.7. The fraction of sp³-hybridized carbons (Fsp3) is 0.407. The molecule has 1 saturated heterocycles. The topological polar surface area (TPSA) is 82.6 Å². The van der Waals surface area contributed by atoms with Gasteiger partial charge in [-0.25, -0.2) is 9.78 Å². The number of nitrogens with one attached hydrogen (secondary N) is 1. The van der Waals surface area contributed by atoms with Crippen LogP contribution in [0, 0.1) is 19.8 Å². The van der Waals surface area contributed by atoms with Gasteiger partial charge < -0.3 is 5.32 Å². The fourth-order valence-electron chi connectivity index (χ4n) is 5.37. The van der Waals surface area contributed by atoms with Gasteiger partial charge in [-0.1, -0.05) is 67.5 Å². The second-order valence-electron chi connectivity index (χ2n) is 9.83. The van der Waals surface area contributed by atoms with Crippen LogP contribution in [0.3, 0.4) is 0 Å². The van der Waals surface area contributed by atoms with Crippen LogP contribution in [-0.2, 0) is 16.1 Å². The number of imide groups is 1. The van der Waals surface area contributed by atoms with Crippen LogP contribution in [0.15, 0.2) is 42.5 Å². The Morgan fingerprint density at radius 2 is 1.97 bits per heavy atom. The molecule has 1 aliphatic heterocycles. The highest BCUT2D eigenvalue weighted by Gasteiger charge is 2.55. The van der Waals surface area contributed by atoms with Gasteiger partial charge in [-0.15, -0.1) is 0 Å². The quantitative estimate of drug-likeness (QED) is 0.513. The predicted molar refractivity (Wildman–Crippen MR) is 137 cm³/mol. The molecular formula is C27H30N4O3S. The highest BCUT2D eigenvalue weighted by atomic mass is 32.1. The van der Waals surface area contributed by atoms with Crippen LogP contribution in [0.4, 0.5) is 9.93 Å². The number of thiazole rings is 1. The van der Waals surface area contributed by atoms with Gasteiger partial charge in [-0.05, 0) is 55.4 Å². The lowest BCUT2D eigenvalue weighted by atomic mass is 9.73. The highest BCUT2D eigenvalue weighted by Crippen LogP contribution is 2.38. The first-order valence-corrected chi connectivity index (χ1v) is 13.0. The number of nitrogens with zero attached hydrogens (tertiary/aromatic N) is 3. The lowest BCUT2D eigenvalue weighted by Gasteiger charge is -2.36. The molecule has 2 atom stereocenters. The standard InChI is InChI=1S/C27H30N4O3S/c1-17-13-18(2)23-21(14-17)28-26(35-23)30(15-20-10-5-4-6-11-20)22(32)16-31-24(33)27(29-25(31)34)12-8-7-9-19(27)3/h4-6,10-11,13-14,19H,7-9,12,15-16H2,1-3H3,(H,29,34). The smallest absolute Gasteiger partial charge is 0.323 e. The van der Waals surface area contributed by atoms with Crippen LogP contribution < -0.4 is 10.2 Å². The minimum atomic E-state index is -0.885. The summed E-state index contributed by atoms with van der Waals surface area (Å²) in [5.74, 6) is -0.562. The Morgan fingerprint density at radius 3 is 2.71 bits per heavy atom. The number of amides is 4. The predicted octanol–water partition coefficient (Wildman–Crippen LogP) is 4.95. The van der Waals surface area contributed by atoms with Crippen molar-refractivity contribution in [2.24, 2.45) is 5.92 Å². The maximum absolute atomic E-state index is 13.7. The largest absolute Gasteiger partial charge is 0.325 e. The van der Waals surface area contributed by atoms with Gasteiger partial charge in [-0.2, -0.15) is 0 Å². The van der Waals surface area contributed by atoms with E-state index in [4.69, 9.17) is 4.98 Å². The van der Waals surface area contributed by atoms with Gasteiger partial charge in [0.15, 0.2) is 5.13 Å². The number of benzene rings is 2. The van der Waals surface area contributed by atoms with E-state index in [1.165, 1.54) is 11.3 Å². The van der Waals surface area contributed by atoms with Gasteiger partial charge in [0.2, 0.25) is 5.91 Å². The number of urea groups is 1. The van der Waals surface area contributed by atoms with Crippen LogP contribution >= 0.6 is 11.3 Å². The van der Waals surface area contributed by atoms with Crippen molar-refractivity contribution in [1.29, 1.82) is 0 Å². The SMILES string of the molecule is Cc1cc(C)c2sc(N(Cc3ccccc3)C(=O)CN3C(=O)NC4(CCCCC4C)C3=O)nc2c1. The van der Waals surface area contributed by atoms with Gasteiger partial charge in [0, 0.05) is 0 Å². The number of aromatic nitrogens is 1. The minimum absolute atomic E-state index is 0.0451. The lowest BCUT2D eigenvalue weighted by molar-refractivity contribution is -0.136. The summed E-state index contributed by atoms with van der Waals surface area (Å²) in [4.78, 5) is 47.5. The molecule has 0 radical (unpaired) electrons. The monoisotopic (exact) mass is 490 g/mol. The first-order valence-electron chi connectivity index (χ1n) is 12.1. The number of rotatable bonds is 5. The third-order valence-electron chi connectivity index (χ3n) is 7.32. The van der Waals surface area contributed by atoms with Crippen molar-refractivity contribution in [3.63, 3.8) is 0 Å². The maximum Gasteiger partial charge on any atom is 0.325 e. The van der Waals surface area contributed by atoms with E-state index < -0.39 is 11.6 Å². The molecule has 1 aromatic heterocycles. The molecule has 35 heavy (non-hydrogen) atoms. The summed E-state index contributed by atoms with van der Waals surface area (Å²) in [5.41, 5.74) is 3.13. The number of fused-ring (bicyclic) bond motifs is 1. The average Bonchev–Trinajstić information content (AvgIpc) is 3.35. The number of hydrogen-bond donors (Lipinski definition) is 1. The van der Waals surface area contributed by atoms with Crippen LogP contribution in [0.5, 0.6) is 0 Å². The molecule has 2 aliphatic rings. The van der Waals surface area contributed by atoms with E-state index in [9.17, 15) is 14.4 Å². The molecule has 1 N–H and O–H groups in total. The molecule has 182 valence electrons. The van der Waals surface area contributed by atoms with Crippen molar-refractivity contribution < 1.29 is 14.4 Å². The number of anilines is 1. The van der Waals surface area contributed by atoms with Crippen molar-refractivity contribution in [2.75, 3.05) is 11.4 Å². The number of carbonyl (C=O) groups is 3. The van der Waals surface area contributed by atoms with Gasteiger partial charge >= 0.3 is 6.03 Å². The first kappa shape index (κ1) is 23.5. The molecule has 7 nitrogen and oxygen atoms in total. The molecule has 2 aromatic carbocycles. The van der Waals surface area contributed by atoms with E-state index >= 15 is 0 Å². The molecule has 3 aromatic rings. The van der Waals surface area contributed by atoms with Crippen LogP contribution in [0.2, 0.25) is 0 Å². The van der Waals surface area contributed by atoms with E-state index in [2.05, 4.69) is 11.4 Å². The van der Waals surface area contributed by atoms with Crippen LogP contribution in [0.25, 0.3) is 10.2 Å². The van der Waals surface area contributed by atoms with Gasteiger partial charge in [-0.3, -0.25) is 19.4 Å². The summed E-state index contributed by atoms with van der Waals surface area (Å²) in [5, 5.41) is 3.51. The Morgan fingerprint density at radius 1 is 1.20 bits per heavy atom. The molecule has 2 heterocycles. The minimum Gasteiger partial charge on any atom is -0.323 e. The summed E-state index contributed by atoms with van der Waals surface area (Å²) in [6, 6.07) is 13.3. The fourth-order valence-corrected chi connectivity index (χ4v) is 6.40. The van der Waals surface area contributed by atoms with Crippen LogP contribution in [-0.4, -0.2) is 39.8 Å². The molecular weight excluding hydrogens is 460 g/mol. The lowest BCUT2D eigenvalue weighted by Crippen LogP contribution is -2.54. The normalized spacial score (nSPS) is 22.1. The van der Waals surface area contributed by atoms with E-state index in [0.29, 0.717) is 18.1 Å². The summed E-state index contributed by atoms with van der Waals surface area (Å²) >= 11 is 1.46. The van der Waals surface area contributed by atoms with Crippen molar-refractivity contribution in [2.45, 2.75) is 58.5 Å². The Labute approximate surface area is 209 Å². The number of aryl methyl sites for hydroxylation is 2.